The molecule has 2 heterocycles. The van der Waals surface area contributed by atoms with E-state index in [0.717, 1.165) is 0 Å². The lowest BCUT2D eigenvalue weighted by molar-refractivity contribution is 0.202. The maximum absolute atomic E-state index is 12.9. The van der Waals surface area contributed by atoms with Gasteiger partial charge in [-0.3, -0.25) is 4.68 Å². The van der Waals surface area contributed by atoms with Gasteiger partial charge in [-0.05, 0) is 29.8 Å². The van der Waals surface area contributed by atoms with Gasteiger partial charge in [0.05, 0.1) is 0 Å². The van der Waals surface area contributed by atoms with E-state index in [2.05, 4.69) is 10.2 Å². The van der Waals surface area contributed by atoms with Crippen molar-refractivity contribution in [2.45, 2.75) is 6.10 Å². The first-order chi connectivity index (χ1) is 9.25. The molecule has 19 heavy (non-hydrogen) atoms. The van der Waals surface area contributed by atoms with Crippen LogP contribution < -0.4 is 0 Å². The lowest BCUT2D eigenvalue weighted by Gasteiger charge is -2.13. The van der Waals surface area contributed by atoms with E-state index in [1.165, 1.54) is 30.6 Å². The fourth-order valence-corrected chi connectivity index (χ4v) is 1.86. The van der Waals surface area contributed by atoms with Crippen molar-refractivity contribution in [1.29, 1.82) is 0 Å². The van der Waals surface area contributed by atoms with E-state index in [4.69, 9.17) is 0 Å². The van der Waals surface area contributed by atoms with Gasteiger partial charge in [0, 0.05) is 12.4 Å². The predicted octanol–water partition coefficient (Wildman–Crippen LogP) is 1.61. The molecule has 1 N–H and O–H groups in total. The molecule has 0 aliphatic heterocycles. The zero-order valence-electron chi connectivity index (χ0n) is 9.89. The van der Waals surface area contributed by atoms with Gasteiger partial charge in [-0.1, -0.05) is 12.1 Å². The quantitative estimate of drug-likeness (QED) is 0.776. The van der Waals surface area contributed by atoms with Crippen LogP contribution in [-0.2, 0) is 0 Å². The van der Waals surface area contributed by atoms with Crippen molar-refractivity contribution in [3.8, 4) is 0 Å². The third kappa shape index (κ3) is 2.13. The molecule has 0 saturated carbocycles. The Bertz CT molecular complexity index is 660. The van der Waals surface area contributed by atoms with Gasteiger partial charge >= 0.3 is 0 Å². The predicted molar refractivity (Wildman–Crippen MR) is 65.7 cm³/mol. The summed E-state index contributed by atoms with van der Waals surface area (Å²) in [6.45, 7) is 0. The minimum atomic E-state index is -0.967. The van der Waals surface area contributed by atoms with Crippen molar-refractivity contribution in [2.75, 3.05) is 0 Å². The number of aliphatic hydroxyl groups excluding tert-OH is 1. The topological polar surface area (TPSA) is 55.9 Å². The normalized spacial score (nSPS) is 12.5. The minimum absolute atomic E-state index is 0.345. The van der Waals surface area contributed by atoms with Gasteiger partial charge in [-0.2, -0.15) is 0 Å². The molecule has 3 aromatic rings. The molecule has 96 valence electrons. The second-order valence-electron chi connectivity index (χ2n) is 4.05. The van der Waals surface area contributed by atoms with Gasteiger partial charge < -0.3 is 5.11 Å². The molecule has 0 fully saturated rings. The van der Waals surface area contributed by atoms with Gasteiger partial charge in [0.25, 0.3) is 0 Å². The highest BCUT2D eigenvalue weighted by atomic mass is 19.1. The van der Waals surface area contributed by atoms with E-state index >= 15 is 0 Å². The fourth-order valence-electron chi connectivity index (χ4n) is 1.86. The third-order valence-electron chi connectivity index (χ3n) is 2.82. The number of hydrogen-bond acceptors (Lipinski definition) is 3. The lowest BCUT2D eigenvalue weighted by Crippen LogP contribution is -2.14. The minimum Gasteiger partial charge on any atom is -0.380 e. The van der Waals surface area contributed by atoms with E-state index in [1.54, 1.807) is 9.35 Å². The Hall–Kier alpha value is -2.47. The van der Waals surface area contributed by atoms with Crippen molar-refractivity contribution in [3.63, 3.8) is 0 Å². The van der Waals surface area contributed by atoms with Crippen molar-refractivity contribution in [1.82, 2.24) is 19.5 Å². The highest BCUT2D eigenvalue weighted by Crippen LogP contribution is 2.20. The Morgan fingerprint density at radius 3 is 2.47 bits per heavy atom. The molecular formula is C13H11FN4O. The molecule has 2 aromatic heterocycles. The van der Waals surface area contributed by atoms with E-state index in [0.29, 0.717) is 11.4 Å². The Kier molecular flexibility index (Phi) is 2.85. The van der Waals surface area contributed by atoms with Crippen LogP contribution in [0.15, 0.2) is 55.1 Å². The second-order valence-corrected chi connectivity index (χ2v) is 4.05. The number of halogens is 1. The molecule has 0 spiro atoms. The lowest BCUT2D eigenvalue weighted by atomic mass is 10.1. The third-order valence-corrected chi connectivity index (χ3v) is 2.82. The van der Waals surface area contributed by atoms with Crippen LogP contribution in [0.4, 0.5) is 4.39 Å². The molecule has 1 unspecified atom stereocenters. The number of aliphatic hydroxyl groups is 1. The maximum atomic E-state index is 12.9. The first-order valence-electron chi connectivity index (χ1n) is 5.73. The van der Waals surface area contributed by atoms with Gasteiger partial charge in [-0.15, -0.1) is 10.2 Å². The molecule has 0 aliphatic carbocycles. The summed E-state index contributed by atoms with van der Waals surface area (Å²) in [6.07, 6.45) is 4.15. The van der Waals surface area contributed by atoms with Crippen LogP contribution in [0, 0.1) is 5.82 Å². The summed E-state index contributed by atoms with van der Waals surface area (Å²) in [5.41, 5.74) is 0.558. The molecular weight excluding hydrogens is 247 g/mol. The highest BCUT2D eigenvalue weighted by molar-refractivity contribution is 5.23. The number of nitrogens with zero attached hydrogens (tertiary/aromatic N) is 4. The van der Waals surface area contributed by atoms with Crippen molar-refractivity contribution >= 4 is 0 Å². The Balaban J connectivity index is 1.99. The van der Waals surface area contributed by atoms with Crippen molar-refractivity contribution in [3.05, 3.63) is 72.3 Å². The van der Waals surface area contributed by atoms with Gasteiger partial charge in [0.1, 0.15) is 18.2 Å². The van der Waals surface area contributed by atoms with Crippen LogP contribution >= 0.6 is 0 Å². The molecule has 1 aromatic carbocycles. The first-order valence-corrected chi connectivity index (χ1v) is 5.73. The molecule has 0 bridgehead atoms. The van der Waals surface area contributed by atoms with Crippen LogP contribution in [0.25, 0.3) is 0 Å². The smallest absolute Gasteiger partial charge is 0.185 e. The van der Waals surface area contributed by atoms with Crippen LogP contribution in [0.5, 0.6) is 0 Å². The van der Waals surface area contributed by atoms with Crippen LogP contribution in [-0.4, -0.2) is 24.7 Å². The van der Waals surface area contributed by atoms with Crippen LogP contribution in [0.3, 0.4) is 0 Å². The number of aromatic nitrogens is 4. The number of benzene rings is 1. The standard InChI is InChI=1S/C13H11FN4O/c14-11-5-3-10(4-6-11)12(19)13-16-15-9-18(13)17-7-1-2-8-17/h1-9,12,19H. The summed E-state index contributed by atoms with van der Waals surface area (Å²) >= 11 is 0. The number of hydrogen-bond donors (Lipinski definition) is 1. The van der Waals surface area contributed by atoms with E-state index < -0.39 is 6.10 Å². The van der Waals surface area contributed by atoms with E-state index in [9.17, 15) is 9.50 Å². The first kappa shape index (κ1) is 11.6. The van der Waals surface area contributed by atoms with E-state index in [1.807, 2.05) is 24.5 Å². The summed E-state index contributed by atoms with van der Waals surface area (Å²) < 4.78 is 16.2. The molecule has 1 atom stereocenters. The summed E-state index contributed by atoms with van der Waals surface area (Å²) in [7, 11) is 0. The van der Waals surface area contributed by atoms with Crippen LogP contribution in [0.2, 0.25) is 0 Å². The summed E-state index contributed by atoms with van der Waals surface area (Å²) in [4.78, 5) is 0. The average molecular weight is 258 g/mol. The summed E-state index contributed by atoms with van der Waals surface area (Å²) in [5, 5.41) is 18.0. The summed E-state index contributed by atoms with van der Waals surface area (Å²) in [6, 6.07) is 9.36. The SMILES string of the molecule is OC(c1ccc(F)cc1)c1nncn1-n1cccc1. The number of rotatable bonds is 3. The largest absolute Gasteiger partial charge is 0.380 e. The highest BCUT2D eigenvalue weighted by Gasteiger charge is 2.18. The van der Waals surface area contributed by atoms with Crippen molar-refractivity contribution in [2.24, 2.45) is 0 Å². The zero-order chi connectivity index (χ0) is 13.2. The Labute approximate surface area is 108 Å². The van der Waals surface area contributed by atoms with Gasteiger partial charge in [-0.25, -0.2) is 9.07 Å². The zero-order valence-corrected chi connectivity index (χ0v) is 9.89. The van der Waals surface area contributed by atoms with Crippen molar-refractivity contribution < 1.29 is 9.50 Å². The molecule has 3 rings (SSSR count). The average Bonchev–Trinajstić information content (AvgIpc) is 3.09. The van der Waals surface area contributed by atoms with Gasteiger partial charge in [0.15, 0.2) is 5.82 Å². The molecule has 0 saturated heterocycles. The van der Waals surface area contributed by atoms with Crippen LogP contribution in [0.1, 0.15) is 17.5 Å². The molecule has 0 radical (unpaired) electrons. The van der Waals surface area contributed by atoms with Gasteiger partial charge in [0.2, 0.25) is 0 Å². The molecule has 6 heteroatoms. The Morgan fingerprint density at radius 2 is 1.79 bits per heavy atom. The second kappa shape index (κ2) is 4.66. The van der Waals surface area contributed by atoms with E-state index in [-0.39, 0.29) is 5.82 Å². The fraction of sp³-hybridized carbons (Fsp3) is 0.0769. The maximum Gasteiger partial charge on any atom is 0.185 e. The summed E-state index contributed by atoms with van der Waals surface area (Å²) in [5.74, 6) is 0.0191. The molecule has 0 aliphatic rings. The molecule has 5 nitrogen and oxygen atoms in total. The Morgan fingerprint density at radius 1 is 1.11 bits per heavy atom. The molecule has 0 amide bonds. The monoisotopic (exact) mass is 258 g/mol.